The maximum atomic E-state index is 11.4. The van der Waals surface area contributed by atoms with E-state index in [1.54, 1.807) is 19.0 Å². The van der Waals surface area contributed by atoms with Gasteiger partial charge < -0.3 is 10.2 Å². The molecular weight excluding hydrogens is 164 g/mol. The quantitative estimate of drug-likeness (QED) is 0.647. The van der Waals surface area contributed by atoms with Crippen molar-refractivity contribution >= 4 is 5.91 Å². The maximum absolute atomic E-state index is 11.4. The number of nitrogens with one attached hydrogen (secondary N) is 1. The van der Waals surface area contributed by atoms with Crippen LogP contribution in [0.15, 0.2) is 12.7 Å². The number of carbonyl (C=O) groups excluding carboxylic acids is 1. The molecule has 0 radical (unpaired) electrons. The van der Waals surface area contributed by atoms with Crippen molar-refractivity contribution in [2.45, 2.75) is 32.4 Å². The van der Waals surface area contributed by atoms with Crippen molar-refractivity contribution in [3.05, 3.63) is 12.7 Å². The monoisotopic (exact) mass is 184 g/mol. The second-order valence-electron chi connectivity index (χ2n) is 3.55. The van der Waals surface area contributed by atoms with Crippen LogP contribution in [0.3, 0.4) is 0 Å². The Kier molecular flexibility index (Phi) is 5.39. The largest absolute Gasteiger partial charge is 0.347 e. The van der Waals surface area contributed by atoms with Gasteiger partial charge in [0, 0.05) is 20.1 Å². The fourth-order valence-corrected chi connectivity index (χ4v) is 1.20. The van der Waals surface area contributed by atoms with Gasteiger partial charge in [-0.3, -0.25) is 4.79 Å². The van der Waals surface area contributed by atoms with E-state index in [-0.39, 0.29) is 11.9 Å². The number of carbonyl (C=O) groups is 1. The number of nitrogens with zero attached hydrogens (tertiary/aromatic N) is 1. The third kappa shape index (κ3) is 4.68. The number of rotatable bonds is 5. The fourth-order valence-electron chi connectivity index (χ4n) is 1.20. The van der Waals surface area contributed by atoms with Crippen LogP contribution in [-0.4, -0.2) is 37.0 Å². The van der Waals surface area contributed by atoms with Crippen LogP contribution in [-0.2, 0) is 4.79 Å². The van der Waals surface area contributed by atoms with Crippen molar-refractivity contribution in [3.63, 3.8) is 0 Å². The molecule has 13 heavy (non-hydrogen) atoms. The molecule has 0 spiro atoms. The number of amides is 1. The highest BCUT2D eigenvalue weighted by molar-refractivity contribution is 5.80. The van der Waals surface area contributed by atoms with Gasteiger partial charge in [-0.05, 0) is 20.3 Å². The Morgan fingerprint density at radius 3 is 2.46 bits per heavy atom. The summed E-state index contributed by atoms with van der Waals surface area (Å²) in [7, 11) is 3.53. The molecule has 0 aliphatic carbocycles. The summed E-state index contributed by atoms with van der Waals surface area (Å²) in [5.74, 6) is 0.107. The van der Waals surface area contributed by atoms with Gasteiger partial charge in [-0.25, -0.2) is 0 Å². The molecule has 2 unspecified atom stereocenters. The Morgan fingerprint density at radius 1 is 1.54 bits per heavy atom. The predicted octanol–water partition coefficient (Wildman–Crippen LogP) is 1.02. The second-order valence-corrected chi connectivity index (χ2v) is 3.55. The molecule has 0 aromatic heterocycles. The lowest BCUT2D eigenvalue weighted by atomic mass is 10.2. The van der Waals surface area contributed by atoms with Crippen LogP contribution in [0.25, 0.3) is 0 Å². The van der Waals surface area contributed by atoms with E-state index < -0.39 is 0 Å². The van der Waals surface area contributed by atoms with Crippen molar-refractivity contribution in [3.8, 4) is 0 Å². The number of likely N-dealkylation sites (N-methyl/N-ethyl adjacent to an activating group) is 1. The molecule has 76 valence electrons. The molecule has 3 nitrogen and oxygen atoms in total. The van der Waals surface area contributed by atoms with Crippen molar-refractivity contribution in [1.82, 2.24) is 10.2 Å². The zero-order valence-electron chi connectivity index (χ0n) is 9.00. The van der Waals surface area contributed by atoms with Crippen LogP contribution in [0.4, 0.5) is 0 Å². The predicted molar refractivity (Wildman–Crippen MR) is 55.6 cm³/mol. The summed E-state index contributed by atoms with van der Waals surface area (Å²) < 4.78 is 0. The van der Waals surface area contributed by atoms with Crippen molar-refractivity contribution in [2.24, 2.45) is 0 Å². The summed E-state index contributed by atoms with van der Waals surface area (Å²) in [6, 6.07) is 0.182. The first kappa shape index (κ1) is 12.2. The molecule has 0 bridgehead atoms. The molecule has 0 aromatic carbocycles. The molecule has 0 saturated carbocycles. The average molecular weight is 184 g/mol. The summed E-state index contributed by atoms with van der Waals surface area (Å²) in [6.07, 6.45) is 2.73. The Hall–Kier alpha value is -0.830. The summed E-state index contributed by atoms with van der Waals surface area (Å²) in [4.78, 5) is 13.0. The van der Waals surface area contributed by atoms with Crippen LogP contribution < -0.4 is 5.32 Å². The van der Waals surface area contributed by atoms with Gasteiger partial charge in [0.2, 0.25) is 5.91 Å². The SMILES string of the molecule is C=CCC(C)NC(C)C(=O)N(C)C. The zero-order valence-corrected chi connectivity index (χ0v) is 9.00. The maximum Gasteiger partial charge on any atom is 0.238 e. The van der Waals surface area contributed by atoms with E-state index in [4.69, 9.17) is 0 Å². The molecule has 1 amide bonds. The second kappa shape index (κ2) is 5.75. The fraction of sp³-hybridized carbons (Fsp3) is 0.700. The van der Waals surface area contributed by atoms with Crippen LogP contribution in [0, 0.1) is 0 Å². The summed E-state index contributed by atoms with van der Waals surface area (Å²) in [5, 5.41) is 3.20. The van der Waals surface area contributed by atoms with Crippen molar-refractivity contribution in [1.29, 1.82) is 0 Å². The number of hydrogen-bond donors (Lipinski definition) is 1. The molecular formula is C10H20N2O. The first-order valence-corrected chi connectivity index (χ1v) is 4.57. The van der Waals surface area contributed by atoms with Crippen molar-refractivity contribution < 1.29 is 4.79 Å². The van der Waals surface area contributed by atoms with Gasteiger partial charge in [-0.1, -0.05) is 6.08 Å². The van der Waals surface area contributed by atoms with Crippen LogP contribution in [0.5, 0.6) is 0 Å². The van der Waals surface area contributed by atoms with E-state index in [9.17, 15) is 4.79 Å². The van der Waals surface area contributed by atoms with Crippen LogP contribution >= 0.6 is 0 Å². The smallest absolute Gasteiger partial charge is 0.238 e. The van der Waals surface area contributed by atoms with Crippen LogP contribution in [0.1, 0.15) is 20.3 Å². The molecule has 0 aliphatic heterocycles. The van der Waals surface area contributed by atoms with Crippen molar-refractivity contribution in [2.75, 3.05) is 14.1 Å². The lowest BCUT2D eigenvalue weighted by Gasteiger charge is -2.21. The normalized spacial score (nSPS) is 14.8. The first-order valence-electron chi connectivity index (χ1n) is 4.57. The highest BCUT2D eigenvalue weighted by Gasteiger charge is 2.15. The molecule has 0 fully saturated rings. The highest BCUT2D eigenvalue weighted by Crippen LogP contribution is 1.95. The van der Waals surface area contributed by atoms with E-state index in [0.717, 1.165) is 6.42 Å². The van der Waals surface area contributed by atoms with E-state index in [0.29, 0.717) is 6.04 Å². The average Bonchev–Trinajstić information content (AvgIpc) is 2.03. The third-order valence-electron chi connectivity index (χ3n) is 1.87. The molecule has 0 aromatic rings. The van der Waals surface area contributed by atoms with E-state index in [2.05, 4.69) is 11.9 Å². The molecule has 0 aliphatic rings. The van der Waals surface area contributed by atoms with E-state index in [1.165, 1.54) is 0 Å². The Bertz CT molecular complexity index is 178. The number of hydrogen-bond acceptors (Lipinski definition) is 2. The van der Waals surface area contributed by atoms with Gasteiger partial charge in [-0.15, -0.1) is 6.58 Å². The van der Waals surface area contributed by atoms with Gasteiger partial charge in [0.05, 0.1) is 6.04 Å². The summed E-state index contributed by atoms with van der Waals surface area (Å²) in [5.41, 5.74) is 0. The highest BCUT2D eigenvalue weighted by atomic mass is 16.2. The van der Waals surface area contributed by atoms with Gasteiger partial charge in [-0.2, -0.15) is 0 Å². The molecule has 0 rings (SSSR count). The van der Waals surface area contributed by atoms with Crippen LogP contribution in [0.2, 0.25) is 0 Å². The molecule has 2 atom stereocenters. The van der Waals surface area contributed by atoms with Gasteiger partial charge >= 0.3 is 0 Å². The molecule has 0 heterocycles. The minimum atomic E-state index is -0.120. The van der Waals surface area contributed by atoms with E-state index >= 15 is 0 Å². The summed E-state index contributed by atoms with van der Waals surface area (Å²) in [6.45, 7) is 7.57. The topological polar surface area (TPSA) is 32.3 Å². The minimum absolute atomic E-state index is 0.107. The Morgan fingerprint density at radius 2 is 2.08 bits per heavy atom. The molecule has 3 heteroatoms. The first-order chi connectivity index (χ1) is 5.99. The summed E-state index contributed by atoms with van der Waals surface area (Å²) >= 11 is 0. The Balaban J connectivity index is 3.91. The zero-order chi connectivity index (χ0) is 10.4. The third-order valence-corrected chi connectivity index (χ3v) is 1.87. The lowest BCUT2D eigenvalue weighted by molar-refractivity contribution is -0.130. The standard InChI is InChI=1S/C10H20N2O/c1-6-7-8(2)11-9(3)10(13)12(4)5/h6,8-9,11H,1,7H2,2-5H3. The van der Waals surface area contributed by atoms with Gasteiger partial charge in [0.15, 0.2) is 0 Å². The molecule has 1 N–H and O–H groups in total. The lowest BCUT2D eigenvalue weighted by Crippen LogP contribution is -2.45. The van der Waals surface area contributed by atoms with E-state index in [1.807, 2.05) is 19.9 Å². The van der Waals surface area contributed by atoms with Gasteiger partial charge in [0.25, 0.3) is 0 Å². The van der Waals surface area contributed by atoms with Gasteiger partial charge in [0.1, 0.15) is 0 Å². The minimum Gasteiger partial charge on any atom is -0.347 e. The Labute approximate surface area is 80.8 Å². The molecule has 0 saturated heterocycles.